The lowest BCUT2D eigenvalue weighted by Gasteiger charge is -1.95. The number of rotatable bonds is 3. The van der Waals surface area contributed by atoms with Crippen LogP contribution < -0.4 is 0 Å². The monoisotopic (exact) mass is 222 g/mol. The molecule has 16 heavy (non-hydrogen) atoms. The zero-order chi connectivity index (χ0) is 11.7. The number of carbonyl (C=O) groups is 1. The van der Waals surface area contributed by atoms with Gasteiger partial charge in [-0.15, -0.1) is 0 Å². The molecule has 0 aliphatic carbocycles. The predicted molar refractivity (Wildman–Crippen MR) is 57.0 cm³/mol. The van der Waals surface area contributed by atoms with Crippen molar-refractivity contribution in [1.29, 1.82) is 0 Å². The zero-order valence-corrected chi connectivity index (χ0v) is 8.75. The fraction of sp³-hybridized carbons (Fsp3) is 0.273. The van der Waals surface area contributed by atoms with Gasteiger partial charge < -0.3 is 10.1 Å². The lowest BCUT2D eigenvalue weighted by atomic mass is 10.2. The third kappa shape index (κ3) is 1.76. The first-order valence-electron chi connectivity index (χ1n) is 5.03. The number of benzene rings is 1. The van der Waals surface area contributed by atoms with Gasteiger partial charge in [0.05, 0.1) is 16.6 Å². The van der Waals surface area contributed by atoms with Crippen LogP contribution in [0.1, 0.15) is 29.5 Å². The molecule has 4 nitrogen and oxygen atoms in total. The first-order valence-corrected chi connectivity index (χ1v) is 5.03. The van der Waals surface area contributed by atoms with Crippen molar-refractivity contribution in [2.24, 2.45) is 0 Å². The third-order valence-electron chi connectivity index (χ3n) is 2.34. The summed E-state index contributed by atoms with van der Waals surface area (Å²) in [6.07, 6.45) is 1.69. The van der Waals surface area contributed by atoms with E-state index in [4.69, 9.17) is 5.11 Å². The van der Waals surface area contributed by atoms with Gasteiger partial charge in [0, 0.05) is 12.5 Å². The van der Waals surface area contributed by atoms with Crippen LogP contribution >= 0.6 is 0 Å². The molecule has 0 atom stereocenters. The third-order valence-corrected chi connectivity index (χ3v) is 2.34. The summed E-state index contributed by atoms with van der Waals surface area (Å²) in [5, 5.41) is 8.76. The van der Waals surface area contributed by atoms with Gasteiger partial charge in [-0.1, -0.05) is 6.92 Å². The van der Waals surface area contributed by atoms with Crippen LogP contribution in [0.2, 0.25) is 0 Å². The van der Waals surface area contributed by atoms with Crippen molar-refractivity contribution >= 4 is 17.0 Å². The Labute approximate surface area is 91.1 Å². The lowest BCUT2D eigenvalue weighted by Crippen LogP contribution is -1.99. The summed E-state index contributed by atoms with van der Waals surface area (Å²) in [6.45, 7) is 2.01. The Bertz CT molecular complexity index is 548. The SMILES string of the molecule is CCCc1nc2cc(C(=O)O)c(F)cc2[nH]1. The summed E-state index contributed by atoms with van der Waals surface area (Å²) in [7, 11) is 0. The summed E-state index contributed by atoms with van der Waals surface area (Å²) in [5.74, 6) is -1.27. The van der Waals surface area contributed by atoms with Crippen molar-refractivity contribution in [3.63, 3.8) is 0 Å². The average Bonchev–Trinajstić information content (AvgIpc) is 2.58. The molecule has 5 heteroatoms. The maximum absolute atomic E-state index is 13.3. The minimum atomic E-state index is -1.28. The van der Waals surface area contributed by atoms with Gasteiger partial charge in [-0.3, -0.25) is 0 Å². The summed E-state index contributed by atoms with van der Waals surface area (Å²) in [4.78, 5) is 17.9. The Morgan fingerprint density at radius 3 is 2.94 bits per heavy atom. The van der Waals surface area contributed by atoms with Crippen LogP contribution in [0.4, 0.5) is 4.39 Å². The Balaban J connectivity index is 2.56. The minimum absolute atomic E-state index is 0.345. The molecular weight excluding hydrogens is 211 g/mol. The molecule has 0 aliphatic rings. The van der Waals surface area contributed by atoms with E-state index in [0.29, 0.717) is 11.0 Å². The van der Waals surface area contributed by atoms with Crippen LogP contribution in [-0.4, -0.2) is 21.0 Å². The molecule has 0 bridgehead atoms. The molecule has 1 heterocycles. The van der Waals surface area contributed by atoms with Gasteiger partial charge in [-0.25, -0.2) is 14.2 Å². The number of carboxylic acid groups (broad SMARTS) is 1. The highest BCUT2D eigenvalue weighted by Crippen LogP contribution is 2.18. The van der Waals surface area contributed by atoms with Gasteiger partial charge in [-0.05, 0) is 12.5 Å². The molecule has 0 amide bonds. The second-order valence-electron chi connectivity index (χ2n) is 3.59. The Morgan fingerprint density at radius 2 is 2.31 bits per heavy atom. The highest BCUT2D eigenvalue weighted by atomic mass is 19.1. The number of H-pyrrole nitrogens is 1. The molecule has 0 unspecified atom stereocenters. The van der Waals surface area contributed by atoms with Crippen LogP contribution in [0.15, 0.2) is 12.1 Å². The van der Waals surface area contributed by atoms with E-state index in [-0.39, 0.29) is 5.56 Å². The predicted octanol–water partition coefficient (Wildman–Crippen LogP) is 2.35. The van der Waals surface area contributed by atoms with Crippen molar-refractivity contribution in [1.82, 2.24) is 9.97 Å². The molecule has 0 aliphatic heterocycles. The average molecular weight is 222 g/mol. The molecule has 0 saturated carbocycles. The molecule has 2 N–H and O–H groups in total. The van der Waals surface area contributed by atoms with Crippen LogP contribution in [0, 0.1) is 5.82 Å². The van der Waals surface area contributed by atoms with Crippen LogP contribution in [0.25, 0.3) is 11.0 Å². The standard InChI is InChI=1S/C11H11FN2O2/c1-2-3-10-13-8-4-6(11(15)16)7(12)5-9(8)14-10/h4-5H,2-3H2,1H3,(H,13,14)(H,15,16). The molecule has 2 aromatic rings. The molecule has 0 spiro atoms. The van der Waals surface area contributed by atoms with Crippen LogP contribution in [0.3, 0.4) is 0 Å². The first kappa shape index (κ1) is 10.6. The van der Waals surface area contributed by atoms with Gasteiger partial charge in [0.2, 0.25) is 0 Å². The molecule has 0 fully saturated rings. The van der Waals surface area contributed by atoms with E-state index in [1.165, 1.54) is 12.1 Å². The highest BCUT2D eigenvalue weighted by Gasteiger charge is 2.13. The second kappa shape index (κ2) is 3.92. The number of imidazole rings is 1. The van der Waals surface area contributed by atoms with Crippen molar-refractivity contribution in [3.05, 3.63) is 29.3 Å². The summed E-state index contributed by atoms with van der Waals surface area (Å²) < 4.78 is 13.3. The molecule has 0 radical (unpaired) electrons. The molecule has 2 rings (SSSR count). The Morgan fingerprint density at radius 1 is 1.56 bits per heavy atom. The minimum Gasteiger partial charge on any atom is -0.478 e. The number of aromatic amines is 1. The normalized spacial score (nSPS) is 10.9. The van der Waals surface area contributed by atoms with E-state index < -0.39 is 11.8 Å². The number of aromatic carboxylic acids is 1. The fourth-order valence-corrected chi connectivity index (χ4v) is 1.60. The maximum Gasteiger partial charge on any atom is 0.338 e. The van der Waals surface area contributed by atoms with Gasteiger partial charge in [0.15, 0.2) is 0 Å². The van der Waals surface area contributed by atoms with E-state index in [2.05, 4.69) is 9.97 Å². The highest BCUT2D eigenvalue weighted by molar-refractivity contribution is 5.92. The summed E-state index contributed by atoms with van der Waals surface area (Å²) in [6, 6.07) is 2.42. The number of nitrogens with one attached hydrogen (secondary N) is 1. The van der Waals surface area contributed by atoms with Gasteiger partial charge in [0.1, 0.15) is 11.6 Å². The number of hydrogen-bond acceptors (Lipinski definition) is 2. The van der Waals surface area contributed by atoms with Crippen molar-refractivity contribution in [2.75, 3.05) is 0 Å². The van der Waals surface area contributed by atoms with Crippen LogP contribution in [0.5, 0.6) is 0 Å². The Kier molecular flexibility index (Phi) is 2.60. The van der Waals surface area contributed by atoms with E-state index in [1.54, 1.807) is 0 Å². The summed E-state index contributed by atoms with van der Waals surface area (Å²) in [5.41, 5.74) is 0.676. The number of aryl methyl sites for hydroxylation is 1. The van der Waals surface area contributed by atoms with E-state index >= 15 is 0 Å². The van der Waals surface area contributed by atoms with Gasteiger partial charge in [0.25, 0.3) is 0 Å². The molecular formula is C11H11FN2O2. The van der Waals surface area contributed by atoms with E-state index in [9.17, 15) is 9.18 Å². The van der Waals surface area contributed by atoms with Gasteiger partial charge in [-0.2, -0.15) is 0 Å². The van der Waals surface area contributed by atoms with Crippen molar-refractivity contribution < 1.29 is 14.3 Å². The largest absolute Gasteiger partial charge is 0.478 e. The van der Waals surface area contributed by atoms with Gasteiger partial charge >= 0.3 is 5.97 Å². The number of carboxylic acids is 1. The maximum atomic E-state index is 13.3. The zero-order valence-electron chi connectivity index (χ0n) is 8.75. The number of nitrogens with zero attached hydrogens (tertiary/aromatic N) is 1. The molecule has 84 valence electrons. The number of hydrogen-bond donors (Lipinski definition) is 2. The van der Waals surface area contributed by atoms with Crippen molar-refractivity contribution in [3.8, 4) is 0 Å². The van der Waals surface area contributed by atoms with Crippen LogP contribution in [-0.2, 0) is 6.42 Å². The molecule has 1 aromatic heterocycles. The topological polar surface area (TPSA) is 66.0 Å². The molecule has 0 saturated heterocycles. The fourth-order valence-electron chi connectivity index (χ4n) is 1.60. The quantitative estimate of drug-likeness (QED) is 0.837. The number of halogens is 1. The molecule has 1 aromatic carbocycles. The number of fused-ring (bicyclic) bond motifs is 1. The van der Waals surface area contributed by atoms with Crippen molar-refractivity contribution in [2.45, 2.75) is 19.8 Å². The Hall–Kier alpha value is -1.91. The van der Waals surface area contributed by atoms with E-state index in [0.717, 1.165) is 18.7 Å². The number of aromatic nitrogens is 2. The van der Waals surface area contributed by atoms with E-state index in [1.807, 2.05) is 6.92 Å². The first-order chi connectivity index (χ1) is 7.61. The lowest BCUT2D eigenvalue weighted by molar-refractivity contribution is 0.0692. The smallest absolute Gasteiger partial charge is 0.338 e. The second-order valence-corrected chi connectivity index (χ2v) is 3.59. The summed E-state index contributed by atoms with van der Waals surface area (Å²) >= 11 is 0.